The molecule has 0 heterocycles. The van der Waals surface area contributed by atoms with Crippen molar-refractivity contribution >= 4 is 54.6 Å². The summed E-state index contributed by atoms with van der Waals surface area (Å²) in [4.78, 5) is 9.52. The van der Waals surface area contributed by atoms with Gasteiger partial charge in [0.1, 0.15) is 5.75 Å². The molecule has 0 atom stereocenters. The van der Waals surface area contributed by atoms with Gasteiger partial charge in [0.2, 0.25) is 0 Å². The van der Waals surface area contributed by atoms with E-state index in [4.69, 9.17) is 5.11 Å². The van der Waals surface area contributed by atoms with Crippen molar-refractivity contribution < 1.29 is 10.0 Å². The number of hydrogen-bond donors (Lipinski definition) is 1. The van der Waals surface area contributed by atoms with Crippen LogP contribution in [0.15, 0.2) is 24.3 Å². The summed E-state index contributed by atoms with van der Waals surface area (Å²) in [5.41, 5.74) is -0.0159. The topological polar surface area (TPSA) is 63.4 Å². The molecule has 5 heteroatoms. The van der Waals surface area contributed by atoms with Crippen LogP contribution in [0.5, 0.6) is 5.75 Å². The monoisotopic (exact) mass is 279 g/mol. The molecule has 0 aromatic heterocycles. The van der Waals surface area contributed by atoms with E-state index in [1.165, 1.54) is 24.3 Å². The number of phenolic OH excluding ortho intramolecular Hbond substituents is 1. The molecule has 0 aliphatic rings. The van der Waals surface area contributed by atoms with Gasteiger partial charge in [-0.2, -0.15) is 0 Å². The van der Waals surface area contributed by atoms with Crippen molar-refractivity contribution in [3.63, 3.8) is 0 Å². The number of nitrogens with zero attached hydrogens (tertiary/aromatic N) is 1. The molecular weight excluding hydrogens is 271 g/mol. The number of aromatic hydroxyl groups is 1. The van der Waals surface area contributed by atoms with E-state index in [2.05, 4.69) is 0 Å². The van der Waals surface area contributed by atoms with E-state index < -0.39 is 4.92 Å². The Balaban J connectivity index is 0.000001000. The molecule has 4 nitrogen and oxygen atoms in total. The number of hydrogen-bond acceptors (Lipinski definition) is 3. The number of nitro benzene ring substituents is 1. The predicted octanol–water partition coefficient (Wildman–Crippen LogP) is 0.384. The summed E-state index contributed by atoms with van der Waals surface area (Å²) in [6.07, 6.45) is 0. The number of benzene rings is 1. The molecule has 0 radical (unpaired) electrons. The van der Waals surface area contributed by atoms with Gasteiger partial charge in [0.25, 0.3) is 5.69 Å². The van der Waals surface area contributed by atoms with Crippen molar-refractivity contribution in [2.24, 2.45) is 0 Å². The maximum absolute atomic E-state index is 10.0. The first kappa shape index (κ1) is 11.0. The second kappa shape index (κ2) is 4.79. The Morgan fingerprint density at radius 2 is 1.73 bits per heavy atom. The number of nitro groups is 1. The average molecular weight is 278 g/mol. The molecule has 0 bridgehead atoms. The van der Waals surface area contributed by atoms with Crippen LogP contribution in [0.4, 0.5) is 5.69 Å². The zero-order valence-corrected chi connectivity index (χ0v) is 5.02. The van der Waals surface area contributed by atoms with Crippen molar-refractivity contribution in [2.45, 2.75) is 0 Å². The van der Waals surface area contributed by atoms with Gasteiger partial charge in [-0.15, -0.1) is 0 Å². The summed E-state index contributed by atoms with van der Waals surface area (Å²) < 4.78 is 0. The van der Waals surface area contributed by atoms with E-state index in [9.17, 15) is 10.1 Å². The first-order valence-corrected chi connectivity index (χ1v) is 2.63. The average Bonchev–Trinajstić information content (AvgIpc) is 1.88. The van der Waals surface area contributed by atoms with Crippen LogP contribution in [-0.2, 0) is 0 Å². The Morgan fingerprint density at radius 3 is 2.09 bits per heavy atom. The van der Waals surface area contributed by atoms with Gasteiger partial charge in [-0.25, -0.2) is 0 Å². The van der Waals surface area contributed by atoms with Crippen LogP contribution in [0, 0.1) is 10.1 Å². The molecule has 1 aromatic rings. The van der Waals surface area contributed by atoms with Gasteiger partial charge >= 0.3 is 48.9 Å². The van der Waals surface area contributed by atoms with Crippen molar-refractivity contribution in [3.05, 3.63) is 34.4 Å². The number of rotatable bonds is 1. The van der Waals surface area contributed by atoms with Gasteiger partial charge in [-0.3, -0.25) is 10.1 Å². The Morgan fingerprint density at radius 1 is 1.27 bits per heavy atom. The van der Waals surface area contributed by atoms with Crippen LogP contribution in [0.3, 0.4) is 0 Å². The molecule has 56 valence electrons. The molecule has 0 amide bonds. The first-order valence-electron chi connectivity index (χ1n) is 2.63. The Kier molecular flexibility index (Phi) is 4.78. The van der Waals surface area contributed by atoms with Gasteiger partial charge < -0.3 is 5.11 Å². The molecule has 1 aromatic carbocycles. The van der Waals surface area contributed by atoms with Crippen LogP contribution < -0.4 is 0 Å². The molecule has 0 fully saturated rings. The second-order valence-corrected chi connectivity index (χ2v) is 1.77. The van der Waals surface area contributed by atoms with Gasteiger partial charge in [-0.05, 0) is 12.1 Å². The molecule has 11 heavy (non-hydrogen) atoms. The normalized spacial score (nSPS) is 8.36. The predicted molar refractivity (Wildman–Crippen MR) is 43.3 cm³/mol. The van der Waals surface area contributed by atoms with Crippen LogP contribution >= 0.6 is 0 Å². The Bertz CT molecular complexity index is 247. The molecule has 1 rings (SSSR count). The quantitative estimate of drug-likeness (QED) is 0.459. The van der Waals surface area contributed by atoms with Crippen molar-refractivity contribution in [1.82, 2.24) is 0 Å². The van der Waals surface area contributed by atoms with Crippen LogP contribution in [-0.4, -0.2) is 58.9 Å². The van der Waals surface area contributed by atoms with Gasteiger partial charge in [0.15, 0.2) is 0 Å². The molecule has 0 spiro atoms. The summed E-state index contributed by atoms with van der Waals surface area (Å²) in [5, 5.41) is 18.8. The fraction of sp³-hybridized carbons (Fsp3) is 0. The number of non-ortho nitro benzene ring substituents is 1. The summed E-state index contributed by atoms with van der Waals surface area (Å²) in [6, 6.07) is 5.04. The van der Waals surface area contributed by atoms with E-state index in [-0.39, 0.29) is 60.3 Å². The molecular formula is C6H7BaNO3. The van der Waals surface area contributed by atoms with E-state index in [0.29, 0.717) is 0 Å². The van der Waals surface area contributed by atoms with Crippen molar-refractivity contribution in [2.75, 3.05) is 0 Å². The van der Waals surface area contributed by atoms with Crippen LogP contribution in [0.25, 0.3) is 0 Å². The Labute approximate surface area is 103 Å². The molecule has 1 N–H and O–H groups in total. The Hall–Kier alpha value is -0.00857. The molecule has 0 saturated carbocycles. The van der Waals surface area contributed by atoms with Crippen LogP contribution in [0.2, 0.25) is 0 Å². The summed E-state index contributed by atoms with van der Waals surface area (Å²) in [5.74, 6) is 0.0330. The van der Waals surface area contributed by atoms with E-state index in [1.807, 2.05) is 0 Å². The SMILES string of the molecule is O=[N+]([O-])c1ccc(O)cc1.[BaH2]. The van der Waals surface area contributed by atoms with Crippen molar-refractivity contribution in [3.8, 4) is 5.75 Å². The number of phenols is 1. The fourth-order valence-electron chi connectivity index (χ4n) is 0.574. The zero-order chi connectivity index (χ0) is 7.56. The van der Waals surface area contributed by atoms with Gasteiger partial charge in [-0.1, -0.05) is 0 Å². The maximum atomic E-state index is 10.0. The first-order chi connectivity index (χ1) is 4.70. The minimum absolute atomic E-state index is 0. The standard InChI is InChI=1S/C6H5NO3.Ba.2H/c8-6-3-1-5(2-4-6)7(9)10;;;/h1-4,8H;;;. The van der Waals surface area contributed by atoms with Crippen molar-refractivity contribution in [1.29, 1.82) is 0 Å². The summed E-state index contributed by atoms with van der Waals surface area (Å²) in [7, 11) is 0. The molecule has 0 aliphatic heterocycles. The minimum atomic E-state index is -0.514. The van der Waals surface area contributed by atoms with Gasteiger partial charge in [0, 0.05) is 12.1 Å². The molecule has 0 aliphatic carbocycles. The summed E-state index contributed by atoms with van der Waals surface area (Å²) >= 11 is 0. The second-order valence-electron chi connectivity index (χ2n) is 1.77. The molecule has 0 unspecified atom stereocenters. The van der Waals surface area contributed by atoms with Gasteiger partial charge in [0.05, 0.1) is 4.92 Å². The zero-order valence-electron chi connectivity index (χ0n) is 5.02. The van der Waals surface area contributed by atoms with E-state index >= 15 is 0 Å². The third-order valence-electron chi connectivity index (χ3n) is 1.06. The van der Waals surface area contributed by atoms with E-state index in [0.717, 1.165) is 0 Å². The summed E-state index contributed by atoms with van der Waals surface area (Å²) in [6.45, 7) is 0. The fourth-order valence-corrected chi connectivity index (χ4v) is 0.574. The van der Waals surface area contributed by atoms with Crippen LogP contribution in [0.1, 0.15) is 0 Å². The molecule has 0 saturated heterocycles. The third-order valence-corrected chi connectivity index (χ3v) is 1.06. The van der Waals surface area contributed by atoms with E-state index in [1.54, 1.807) is 0 Å². The third kappa shape index (κ3) is 3.26.